The van der Waals surface area contributed by atoms with Crippen LogP contribution in [-0.2, 0) is 5.88 Å². The van der Waals surface area contributed by atoms with E-state index in [4.69, 9.17) is 11.6 Å². The van der Waals surface area contributed by atoms with Crippen molar-refractivity contribution in [3.05, 3.63) is 29.6 Å². The van der Waals surface area contributed by atoms with Crippen molar-refractivity contribution in [3.63, 3.8) is 0 Å². The summed E-state index contributed by atoms with van der Waals surface area (Å²) in [4.78, 5) is 4.66. The maximum absolute atomic E-state index is 6.06. The lowest BCUT2D eigenvalue weighted by atomic mass is 10.2. The molecule has 1 aliphatic rings. The highest BCUT2D eigenvalue weighted by Crippen LogP contribution is 2.48. The summed E-state index contributed by atoms with van der Waals surface area (Å²) < 4.78 is 2.38. The zero-order valence-electron chi connectivity index (χ0n) is 11.0. The van der Waals surface area contributed by atoms with E-state index in [2.05, 4.69) is 41.6 Å². The lowest BCUT2D eigenvalue weighted by Crippen LogP contribution is -2.01. The average molecular weight is 263 g/mol. The number of nitrogens with zero attached hydrogens (tertiary/aromatic N) is 2. The van der Waals surface area contributed by atoms with Gasteiger partial charge in [-0.15, -0.1) is 11.6 Å². The summed E-state index contributed by atoms with van der Waals surface area (Å²) in [6.45, 7) is 4.39. The van der Waals surface area contributed by atoms with E-state index >= 15 is 0 Å². The Bertz CT molecular complexity index is 573. The van der Waals surface area contributed by atoms with Gasteiger partial charge in [0.05, 0.1) is 16.9 Å². The van der Waals surface area contributed by atoms with E-state index in [0.717, 1.165) is 17.3 Å². The molecule has 1 fully saturated rings. The van der Waals surface area contributed by atoms with Crippen LogP contribution in [0.1, 0.15) is 43.6 Å². The fourth-order valence-corrected chi connectivity index (χ4v) is 3.13. The predicted octanol–water partition coefficient (Wildman–Crippen LogP) is 4.44. The quantitative estimate of drug-likeness (QED) is 0.745. The number of aryl methyl sites for hydroxylation is 1. The second kappa shape index (κ2) is 4.58. The van der Waals surface area contributed by atoms with Gasteiger partial charge in [0.25, 0.3) is 0 Å². The third kappa shape index (κ3) is 1.93. The normalized spacial score (nSPS) is 22.6. The molecule has 2 unspecified atom stereocenters. The lowest BCUT2D eigenvalue weighted by molar-refractivity contribution is 0.606. The van der Waals surface area contributed by atoms with Gasteiger partial charge in [-0.25, -0.2) is 4.98 Å². The highest BCUT2D eigenvalue weighted by Gasteiger charge is 2.39. The van der Waals surface area contributed by atoms with E-state index in [0.29, 0.717) is 11.9 Å². The zero-order chi connectivity index (χ0) is 12.7. The molecule has 96 valence electrons. The Labute approximate surface area is 113 Å². The molecule has 1 aromatic carbocycles. The first kappa shape index (κ1) is 12.0. The Balaban J connectivity index is 2.06. The van der Waals surface area contributed by atoms with Crippen molar-refractivity contribution in [3.8, 4) is 0 Å². The summed E-state index contributed by atoms with van der Waals surface area (Å²) >= 11 is 6.06. The van der Waals surface area contributed by atoms with Crippen molar-refractivity contribution in [2.45, 2.75) is 45.0 Å². The van der Waals surface area contributed by atoms with Crippen molar-refractivity contribution >= 4 is 22.6 Å². The molecule has 2 aromatic rings. The van der Waals surface area contributed by atoms with E-state index in [1.165, 1.54) is 30.3 Å². The Kier molecular flexibility index (Phi) is 3.06. The minimum Gasteiger partial charge on any atom is -0.324 e. The van der Waals surface area contributed by atoms with Crippen molar-refractivity contribution in [2.75, 3.05) is 0 Å². The SMILES string of the molecule is CCCC1CC1n1c(CCl)nc2ccc(C)cc21. The molecule has 1 aromatic heterocycles. The summed E-state index contributed by atoms with van der Waals surface area (Å²) in [5.74, 6) is 2.36. The molecule has 0 amide bonds. The van der Waals surface area contributed by atoms with Crippen LogP contribution < -0.4 is 0 Å². The smallest absolute Gasteiger partial charge is 0.125 e. The molecule has 0 radical (unpaired) electrons. The van der Waals surface area contributed by atoms with Crippen molar-refractivity contribution in [1.82, 2.24) is 9.55 Å². The molecule has 1 heterocycles. The number of alkyl halides is 1. The number of hydrogen-bond donors (Lipinski definition) is 0. The van der Waals surface area contributed by atoms with E-state index in [9.17, 15) is 0 Å². The van der Waals surface area contributed by atoms with Crippen LogP contribution in [0.15, 0.2) is 18.2 Å². The minimum absolute atomic E-state index is 0.503. The molecule has 18 heavy (non-hydrogen) atoms. The number of fused-ring (bicyclic) bond motifs is 1. The summed E-state index contributed by atoms with van der Waals surface area (Å²) in [7, 11) is 0. The monoisotopic (exact) mass is 262 g/mol. The third-order valence-electron chi connectivity index (χ3n) is 3.91. The summed E-state index contributed by atoms with van der Waals surface area (Å²) in [6, 6.07) is 7.09. The number of aromatic nitrogens is 2. The first-order valence-electron chi connectivity index (χ1n) is 6.78. The van der Waals surface area contributed by atoms with Gasteiger partial charge in [0, 0.05) is 6.04 Å². The van der Waals surface area contributed by atoms with Crippen LogP contribution in [0.25, 0.3) is 11.0 Å². The molecule has 2 atom stereocenters. The van der Waals surface area contributed by atoms with Gasteiger partial charge in [-0.2, -0.15) is 0 Å². The third-order valence-corrected chi connectivity index (χ3v) is 4.15. The largest absolute Gasteiger partial charge is 0.324 e. The molecule has 0 aliphatic heterocycles. The maximum Gasteiger partial charge on any atom is 0.125 e. The Hall–Kier alpha value is -1.02. The number of benzene rings is 1. The van der Waals surface area contributed by atoms with Gasteiger partial charge >= 0.3 is 0 Å². The number of hydrogen-bond acceptors (Lipinski definition) is 1. The van der Waals surface area contributed by atoms with Gasteiger partial charge in [-0.05, 0) is 43.4 Å². The Morgan fingerprint density at radius 2 is 2.28 bits per heavy atom. The van der Waals surface area contributed by atoms with Crippen LogP contribution in [0.4, 0.5) is 0 Å². The first-order valence-corrected chi connectivity index (χ1v) is 7.31. The van der Waals surface area contributed by atoms with Crippen LogP contribution in [-0.4, -0.2) is 9.55 Å². The van der Waals surface area contributed by atoms with Crippen LogP contribution in [0.2, 0.25) is 0 Å². The molecule has 1 aliphatic carbocycles. The van der Waals surface area contributed by atoms with Crippen LogP contribution in [0, 0.1) is 12.8 Å². The standard InChI is InChI=1S/C15H19ClN2/c1-3-4-11-8-13(11)18-14-7-10(2)5-6-12(14)17-15(18)9-16/h5-7,11,13H,3-4,8-9H2,1-2H3. The van der Waals surface area contributed by atoms with Gasteiger partial charge in [0.1, 0.15) is 5.82 Å². The topological polar surface area (TPSA) is 17.8 Å². The van der Waals surface area contributed by atoms with Crippen molar-refractivity contribution < 1.29 is 0 Å². The number of halogens is 1. The predicted molar refractivity (Wildman–Crippen MR) is 76.1 cm³/mol. The first-order chi connectivity index (χ1) is 8.74. The van der Waals surface area contributed by atoms with Gasteiger partial charge in [0.2, 0.25) is 0 Å². The van der Waals surface area contributed by atoms with Gasteiger partial charge in [-0.1, -0.05) is 19.4 Å². The highest BCUT2D eigenvalue weighted by atomic mass is 35.5. The molecule has 0 N–H and O–H groups in total. The van der Waals surface area contributed by atoms with Crippen LogP contribution >= 0.6 is 11.6 Å². The molecule has 1 saturated carbocycles. The number of rotatable bonds is 4. The molecule has 0 saturated heterocycles. The summed E-state index contributed by atoms with van der Waals surface area (Å²) in [5.41, 5.74) is 3.63. The second-order valence-electron chi connectivity index (χ2n) is 5.38. The fourth-order valence-electron chi connectivity index (χ4n) is 2.95. The molecular formula is C15H19ClN2. The fraction of sp³-hybridized carbons (Fsp3) is 0.533. The zero-order valence-corrected chi connectivity index (χ0v) is 11.7. The van der Waals surface area contributed by atoms with E-state index in [1.807, 2.05) is 0 Å². The number of imidazole rings is 1. The van der Waals surface area contributed by atoms with Crippen molar-refractivity contribution in [1.29, 1.82) is 0 Å². The maximum atomic E-state index is 6.06. The average Bonchev–Trinajstić information content (AvgIpc) is 3.01. The van der Waals surface area contributed by atoms with Gasteiger partial charge < -0.3 is 4.57 Å². The molecule has 3 heteroatoms. The Morgan fingerprint density at radius 1 is 1.44 bits per heavy atom. The molecule has 2 nitrogen and oxygen atoms in total. The molecule has 0 spiro atoms. The van der Waals surface area contributed by atoms with Gasteiger partial charge in [0.15, 0.2) is 0 Å². The summed E-state index contributed by atoms with van der Waals surface area (Å²) in [6.07, 6.45) is 3.87. The van der Waals surface area contributed by atoms with Crippen LogP contribution in [0.3, 0.4) is 0 Å². The summed E-state index contributed by atoms with van der Waals surface area (Å²) in [5, 5.41) is 0. The Morgan fingerprint density at radius 3 is 3.00 bits per heavy atom. The molecular weight excluding hydrogens is 244 g/mol. The van der Waals surface area contributed by atoms with E-state index < -0.39 is 0 Å². The molecule has 0 bridgehead atoms. The molecule has 3 rings (SSSR count). The van der Waals surface area contributed by atoms with E-state index in [-0.39, 0.29) is 0 Å². The highest BCUT2D eigenvalue weighted by molar-refractivity contribution is 6.16. The van der Waals surface area contributed by atoms with Crippen molar-refractivity contribution in [2.24, 2.45) is 5.92 Å². The van der Waals surface area contributed by atoms with E-state index in [1.54, 1.807) is 0 Å². The minimum atomic E-state index is 0.503. The van der Waals surface area contributed by atoms with Crippen LogP contribution in [0.5, 0.6) is 0 Å². The lowest BCUT2D eigenvalue weighted by Gasteiger charge is -2.07. The van der Waals surface area contributed by atoms with Gasteiger partial charge in [-0.3, -0.25) is 0 Å². The second-order valence-corrected chi connectivity index (χ2v) is 5.64.